The fraction of sp³-hybridized carbons (Fsp3) is 0.619. The minimum absolute atomic E-state index is 0.00608. The molecule has 1 aliphatic heterocycles. The molecule has 2 aliphatic rings. The monoisotopic (exact) mass is 390 g/mol. The molecule has 7 heteroatoms. The van der Waals surface area contributed by atoms with Gasteiger partial charge in [-0.05, 0) is 57.7 Å². The quantitative estimate of drug-likeness (QED) is 0.837. The molecule has 1 atom stereocenters. The van der Waals surface area contributed by atoms with E-state index in [0.717, 1.165) is 32.1 Å². The second-order valence-electron chi connectivity index (χ2n) is 7.74. The van der Waals surface area contributed by atoms with Crippen molar-refractivity contribution in [2.24, 2.45) is 0 Å². The molecule has 0 bridgehead atoms. The van der Waals surface area contributed by atoms with Crippen LogP contribution in [0.15, 0.2) is 18.2 Å². The zero-order valence-corrected chi connectivity index (χ0v) is 17.1. The molecule has 1 N–H and O–H groups in total. The van der Waals surface area contributed by atoms with Crippen molar-refractivity contribution in [2.75, 3.05) is 20.8 Å². The lowest BCUT2D eigenvalue weighted by atomic mass is 9.89. The Balaban J connectivity index is 1.96. The van der Waals surface area contributed by atoms with Gasteiger partial charge < -0.3 is 19.5 Å². The molecule has 1 spiro atoms. The highest BCUT2D eigenvalue weighted by Gasteiger charge is 2.53. The van der Waals surface area contributed by atoms with Gasteiger partial charge in [0.05, 0.1) is 20.8 Å². The number of ether oxygens (including phenoxy) is 3. The lowest BCUT2D eigenvalue weighted by molar-refractivity contribution is -0.127. The summed E-state index contributed by atoms with van der Waals surface area (Å²) >= 11 is 0. The Morgan fingerprint density at radius 3 is 2.43 bits per heavy atom. The largest absolute Gasteiger partial charge is 0.493 e. The number of amides is 2. The van der Waals surface area contributed by atoms with E-state index in [4.69, 9.17) is 14.2 Å². The van der Waals surface area contributed by atoms with E-state index in [1.165, 1.54) is 7.11 Å². The van der Waals surface area contributed by atoms with E-state index in [9.17, 15) is 9.59 Å². The maximum absolute atomic E-state index is 13.6. The number of carbonyl (C=O) groups excluding carboxylic acids is 2. The molecule has 7 nitrogen and oxygen atoms in total. The first-order valence-corrected chi connectivity index (χ1v) is 9.92. The van der Waals surface area contributed by atoms with E-state index in [0.29, 0.717) is 17.1 Å². The van der Waals surface area contributed by atoms with Gasteiger partial charge in [0.2, 0.25) is 5.91 Å². The van der Waals surface area contributed by atoms with Crippen molar-refractivity contribution < 1.29 is 23.8 Å². The Morgan fingerprint density at radius 2 is 1.82 bits per heavy atom. The number of methoxy groups -OCH3 is 2. The minimum Gasteiger partial charge on any atom is -0.493 e. The summed E-state index contributed by atoms with van der Waals surface area (Å²) in [7, 11) is 3.09. The van der Waals surface area contributed by atoms with Gasteiger partial charge >= 0.3 is 0 Å². The zero-order valence-electron chi connectivity index (χ0n) is 17.1. The number of nitrogens with zero attached hydrogens (tertiary/aromatic N) is 1. The normalized spacial score (nSPS) is 21.0. The Bertz CT molecular complexity index is 728. The van der Waals surface area contributed by atoms with Crippen LogP contribution in [0.2, 0.25) is 0 Å². The van der Waals surface area contributed by atoms with Gasteiger partial charge in [-0.2, -0.15) is 0 Å². The molecule has 1 unspecified atom stereocenters. The van der Waals surface area contributed by atoms with Crippen LogP contribution in [-0.4, -0.2) is 55.3 Å². The van der Waals surface area contributed by atoms with Crippen molar-refractivity contribution in [3.8, 4) is 11.5 Å². The Kier molecular flexibility index (Phi) is 6.13. The molecular formula is C21H30N2O5. The van der Waals surface area contributed by atoms with Crippen LogP contribution in [0, 0.1) is 0 Å². The van der Waals surface area contributed by atoms with E-state index >= 15 is 0 Å². The van der Waals surface area contributed by atoms with Crippen LogP contribution in [0.25, 0.3) is 0 Å². The first-order valence-electron chi connectivity index (χ1n) is 9.92. The zero-order chi connectivity index (χ0) is 20.3. The highest BCUT2D eigenvalue weighted by Crippen LogP contribution is 2.42. The lowest BCUT2D eigenvalue weighted by Gasteiger charge is -2.41. The summed E-state index contributed by atoms with van der Waals surface area (Å²) in [5, 5.41) is 2.93. The van der Waals surface area contributed by atoms with Gasteiger partial charge in [0.15, 0.2) is 11.5 Å². The van der Waals surface area contributed by atoms with Crippen molar-refractivity contribution in [1.29, 1.82) is 0 Å². The smallest absolute Gasteiger partial charge is 0.257 e. The summed E-state index contributed by atoms with van der Waals surface area (Å²) in [5.41, 5.74) is -0.253. The molecule has 28 heavy (non-hydrogen) atoms. The van der Waals surface area contributed by atoms with Gasteiger partial charge in [-0.3, -0.25) is 14.5 Å². The average Bonchev–Trinajstić information content (AvgIpc) is 3.05. The molecule has 1 heterocycles. The molecule has 1 saturated heterocycles. The highest BCUT2D eigenvalue weighted by molar-refractivity contribution is 5.99. The number of hydrogen-bond acceptors (Lipinski definition) is 5. The van der Waals surface area contributed by atoms with Crippen molar-refractivity contribution in [3.05, 3.63) is 23.8 Å². The summed E-state index contributed by atoms with van der Waals surface area (Å²) in [6, 6.07) is 4.43. The van der Waals surface area contributed by atoms with Gasteiger partial charge in [-0.15, -0.1) is 0 Å². The van der Waals surface area contributed by atoms with E-state index in [2.05, 4.69) is 5.32 Å². The third kappa shape index (κ3) is 3.81. The van der Waals surface area contributed by atoms with Gasteiger partial charge in [-0.25, -0.2) is 0 Å². The SMILES string of the molecule is COc1ccc(C(=O)N2C(C(=O)NC(C)C)COC23CCCCC3)cc1OC. The first-order chi connectivity index (χ1) is 13.4. The van der Waals surface area contributed by atoms with E-state index in [1.807, 2.05) is 13.8 Å². The van der Waals surface area contributed by atoms with Crippen molar-refractivity contribution >= 4 is 11.8 Å². The predicted octanol–water partition coefficient (Wildman–Crippen LogP) is 2.73. The molecule has 154 valence electrons. The number of nitrogens with one attached hydrogen (secondary N) is 1. The van der Waals surface area contributed by atoms with Crippen LogP contribution in [-0.2, 0) is 9.53 Å². The lowest BCUT2D eigenvalue weighted by Crippen LogP contribution is -2.57. The Labute approximate surface area is 166 Å². The topological polar surface area (TPSA) is 77.1 Å². The van der Waals surface area contributed by atoms with Gasteiger partial charge in [0.25, 0.3) is 5.91 Å². The Morgan fingerprint density at radius 1 is 1.14 bits per heavy atom. The second-order valence-corrected chi connectivity index (χ2v) is 7.74. The van der Waals surface area contributed by atoms with E-state index in [1.54, 1.807) is 30.2 Å². The van der Waals surface area contributed by atoms with Gasteiger partial charge in [0, 0.05) is 11.6 Å². The fourth-order valence-corrected chi connectivity index (χ4v) is 4.16. The Hall–Kier alpha value is -2.28. The third-order valence-corrected chi connectivity index (χ3v) is 5.48. The van der Waals surface area contributed by atoms with Crippen LogP contribution in [0.4, 0.5) is 0 Å². The summed E-state index contributed by atoms with van der Waals surface area (Å²) in [6.07, 6.45) is 4.57. The number of hydrogen-bond donors (Lipinski definition) is 1. The molecular weight excluding hydrogens is 360 g/mol. The van der Waals surface area contributed by atoms with Crippen LogP contribution in [0.3, 0.4) is 0 Å². The standard InChI is InChI=1S/C21H30N2O5/c1-14(2)22-19(24)16-13-28-21(10-6-5-7-11-21)23(16)20(25)15-8-9-17(26-3)18(12-15)27-4/h8-9,12,14,16H,5-7,10-11,13H2,1-4H3,(H,22,24). The van der Waals surface area contributed by atoms with Crippen molar-refractivity contribution in [3.63, 3.8) is 0 Å². The molecule has 1 aromatic carbocycles. The number of rotatable bonds is 5. The molecule has 3 rings (SSSR count). The van der Waals surface area contributed by atoms with Gasteiger partial charge in [0.1, 0.15) is 11.8 Å². The second kappa shape index (κ2) is 8.39. The van der Waals surface area contributed by atoms with Crippen LogP contribution < -0.4 is 14.8 Å². The molecule has 2 fully saturated rings. The minimum atomic E-state index is -0.707. The third-order valence-electron chi connectivity index (χ3n) is 5.48. The molecule has 0 radical (unpaired) electrons. The molecule has 1 aromatic rings. The van der Waals surface area contributed by atoms with Crippen LogP contribution in [0.5, 0.6) is 11.5 Å². The van der Waals surface area contributed by atoms with E-state index in [-0.39, 0.29) is 24.5 Å². The molecule has 1 aliphatic carbocycles. The maximum Gasteiger partial charge on any atom is 0.257 e. The summed E-state index contributed by atoms with van der Waals surface area (Å²) in [5.74, 6) is 0.642. The molecule has 2 amide bonds. The summed E-state index contributed by atoms with van der Waals surface area (Å²) in [4.78, 5) is 28.1. The van der Waals surface area contributed by atoms with Crippen molar-refractivity contribution in [2.45, 2.75) is 63.8 Å². The number of carbonyl (C=O) groups is 2. The molecule has 0 aromatic heterocycles. The van der Waals surface area contributed by atoms with Crippen LogP contribution >= 0.6 is 0 Å². The van der Waals surface area contributed by atoms with Gasteiger partial charge in [-0.1, -0.05) is 6.42 Å². The van der Waals surface area contributed by atoms with Crippen molar-refractivity contribution in [1.82, 2.24) is 10.2 Å². The average molecular weight is 390 g/mol. The number of benzene rings is 1. The first kappa shape index (κ1) is 20.5. The van der Waals surface area contributed by atoms with E-state index < -0.39 is 11.8 Å². The highest BCUT2D eigenvalue weighted by atomic mass is 16.5. The van der Waals surface area contributed by atoms with Crippen LogP contribution in [0.1, 0.15) is 56.3 Å². The summed E-state index contributed by atoms with van der Waals surface area (Å²) < 4.78 is 16.8. The fourth-order valence-electron chi connectivity index (χ4n) is 4.16. The molecule has 1 saturated carbocycles. The summed E-state index contributed by atoms with van der Waals surface area (Å²) in [6.45, 7) is 4.03. The maximum atomic E-state index is 13.6. The predicted molar refractivity (Wildman–Crippen MR) is 105 cm³/mol.